The van der Waals surface area contributed by atoms with Crippen LogP contribution in [0.2, 0.25) is 0 Å². The number of likely N-dealkylation sites (N-methyl/N-ethyl adjacent to an activating group) is 1. The Morgan fingerprint density at radius 2 is 1.90 bits per heavy atom. The third kappa shape index (κ3) is 3.75. The van der Waals surface area contributed by atoms with Crippen molar-refractivity contribution in [1.29, 1.82) is 0 Å². The largest absolute Gasteiger partial charge is 0.497 e. The molecule has 116 valence electrons. The summed E-state index contributed by atoms with van der Waals surface area (Å²) in [6, 6.07) is 2.00. The molecule has 0 aliphatic heterocycles. The number of benzene rings is 1. The van der Waals surface area contributed by atoms with Gasteiger partial charge in [0.2, 0.25) is 0 Å². The first-order chi connectivity index (χ1) is 9.99. The topological polar surface area (TPSA) is 64.6 Å². The van der Waals surface area contributed by atoms with E-state index in [2.05, 4.69) is 10.1 Å². The number of nitrogens with one attached hydrogen (secondary N) is 1. The van der Waals surface area contributed by atoms with E-state index < -0.39 is 29.4 Å². The lowest BCUT2D eigenvalue weighted by molar-refractivity contribution is -0.147. The van der Waals surface area contributed by atoms with Crippen LogP contribution in [-0.4, -0.2) is 40.1 Å². The van der Waals surface area contributed by atoms with Crippen molar-refractivity contribution >= 4 is 12.3 Å². The molecule has 7 heteroatoms. The molecule has 0 amide bonds. The van der Waals surface area contributed by atoms with Gasteiger partial charge in [-0.15, -0.1) is 0 Å². The molecule has 0 spiro atoms. The van der Waals surface area contributed by atoms with Gasteiger partial charge in [-0.3, -0.25) is 4.79 Å². The number of carbonyl (C=O) groups is 2. The van der Waals surface area contributed by atoms with Gasteiger partial charge in [-0.05, 0) is 7.05 Å². The van der Waals surface area contributed by atoms with E-state index in [1.54, 1.807) is 7.05 Å². The molecule has 0 saturated heterocycles. The molecular weight excluding hydrogens is 284 g/mol. The fraction of sp³-hybridized carbons (Fsp3) is 0.429. The molecule has 1 unspecified atom stereocenters. The van der Waals surface area contributed by atoms with E-state index in [0.717, 1.165) is 19.2 Å². The van der Waals surface area contributed by atoms with Gasteiger partial charge in [0, 0.05) is 30.2 Å². The van der Waals surface area contributed by atoms with Crippen LogP contribution in [0.5, 0.6) is 5.75 Å². The van der Waals surface area contributed by atoms with E-state index in [-0.39, 0.29) is 17.9 Å². The number of aldehydes is 1. The maximum Gasteiger partial charge on any atom is 0.316 e. The summed E-state index contributed by atoms with van der Waals surface area (Å²) >= 11 is 0. The predicted molar refractivity (Wildman–Crippen MR) is 71.1 cm³/mol. The number of carbonyl (C=O) groups excluding carboxylic acids is 2. The Hall–Kier alpha value is -2.02. The van der Waals surface area contributed by atoms with Gasteiger partial charge in [0.25, 0.3) is 0 Å². The first-order valence-electron chi connectivity index (χ1n) is 6.20. The summed E-state index contributed by atoms with van der Waals surface area (Å²) in [4.78, 5) is 22.8. The Kier molecular flexibility index (Phi) is 6.23. The molecule has 1 aromatic carbocycles. The van der Waals surface area contributed by atoms with Crippen molar-refractivity contribution in [3.05, 3.63) is 29.3 Å². The number of esters is 1. The summed E-state index contributed by atoms with van der Waals surface area (Å²) in [6.45, 7) is 0.0265. The fourth-order valence-electron chi connectivity index (χ4n) is 2.11. The van der Waals surface area contributed by atoms with Crippen molar-refractivity contribution in [1.82, 2.24) is 5.32 Å². The smallest absolute Gasteiger partial charge is 0.316 e. The first kappa shape index (κ1) is 17.0. The van der Waals surface area contributed by atoms with Gasteiger partial charge < -0.3 is 19.6 Å². The molecular formula is C14H17F2NO4. The van der Waals surface area contributed by atoms with Crippen LogP contribution in [0.15, 0.2) is 12.1 Å². The van der Waals surface area contributed by atoms with Crippen molar-refractivity contribution < 1.29 is 27.8 Å². The predicted octanol–water partition coefficient (Wildman–Crippen LogP) is 1.26. The van der Waals surface area contributed by atoms with Crippen LogP contribution < -0.4 is 10.1 Å². The Bertz CT molecular complexity index is 499. The Labute approximate surface area is 121 Å². The third-order valence-corrected chi connectivity index (χ3v) is 3.14. The van der Waals surface area contributed by atoms with Crippen molar-refractivity contribution in [2.75, 3.05) is 27.8 Å². The number of methoxy groups -OCH3 is 2. The summed E-state index contributed by atoms with van der Waals surface area (Å²) in [5, 5.41) is 2.71. The lowest BCUT2D eigenvalue weighted by atomic mass is 9.86. The minimum atomic E-state index is -1.31. The van der Waals surface area contributed by atoms with E-state index in [0.29, 0.717) is 6.29 Å². The van der Waals surface area contributed by atoms with Crippen LogP contribution in [0, 0.1) is 17.6 Å². The van der Waals surface area contributed by atoms with E-state index in [4.69, 9.17) is 4.74 Å². The summed E-state index contributed by atoms with van der Waals surface area (Å²) < 4.78 is 37.5. The van der Waals surface area contributed by atoms with Crippen molar-refractivity contribution in [2.24, 2.45) is 5.92 Å². The third-order valence-electron chi connectivity index (χ3n) is 3.14. The molecule has 1 N–H and O–H groups in total. The average molecular weight is 301 g/mol. The van der Waals surface area contributed by atoms with Gasteiger partial charge in [-0.1, -0.05) is 0 Å². The number of rotatable bonds is 7. The van der Waals surface area contributed by atoms with Crippen LogP contribution in [0.25, 0.3) is 0 Å². The molecule has 0 aromatic heterocycles. The van der Waals surface area contributed by atoms with Crippen LogP contribution >= 0.6 is 0 Å². The van der Waals surface area contributed by atoms with E-state index in [9.17, 15) is 18.4 Å². The normalized spacial score (nSPS) is 13.4. The fourth-order valence-corrected chi connectivity index (χ4v) is 2.11. The molecule has 1 aromatic rings. The zero-order valence-corrected chi connectivity index (χ0v) is 12.0. The highest BCUT2D eigenvalue weighted by Crippen LogP contribution is 2.31. The Morgan fingerprint density at radius 3 is 2.29 bits per heavy atom. The molecule has 2 atom stereocenters. The standard InChI is InChI=1S/C14H17F2NO4/c1-17-6-9(10(7-18)14(19)21-3)13-11(15)4-8(20-2)5-12(13)16/h4-5,7,9-10,17H,6H2,1-3H3/t9-,10?/m0/s1. The summed E-state index contributed by atoms with van der Waals surface area (Å²) in [5.41, 5.74) is -0.354. The number of halogens is 2. The van der Waals surface area contributed by atoms with Gasteiger partial charge in [-0.25, -0.2) is 8.78 Å². The van der Waals surface area contributed by atoms with Gasteiger partial charge in [0.1, 0.15) is 29.6 Å². The second kappa shape index (κ2) is 7.68. The van der Waals surface area contributed by atoms with Crippen LogP contribution in [-0.2, 0) is 14.3 Å². The maximum absolute atomic E-state index is 14.1. The van der Waals surface area contributed by atoms with Crippen LogP contribution in [0.4, 0.5) is 8.78 Å². The lowest BCUT2D eigenvalue weighted by Gasteiger charge is -2.22. The molecule has 1 rings (SSSR count). The van der Waals surface area contributed by atoms with Crippen molar-refractivity contribution in [3.8, 4) is 5.75 Å². The average Bonchev–Trinajstić information content (AvgIpc) is 2.46. The molecule has 21 heavy (non-hydrogen) atoms. The molecule has 0 bridgehead atoms. The highest BCUT2D eigenvalue weighted by Gasteiger charge is 2.34. The number of hydrogen-bond acceptors (Lipinski definition) is 5. The molecule has 0 fully saturated rings. The quantitative estimate of drug-likeness (QED) is 0.467. The minimum Gasteiger partial charge on any atom is -0.497 e. The van der Waals surface area contributed by atoms with E-state index in [1.807, 2.05) is 0 Å². The second-order valence-corrected chi connectivity index (χ2v) is 4.35. The van der Waals surface area contributed by atoms with Gasteiger partial charge in [-0.2, -0.15) is 0 Å². The SMILES string of the molecule is CNC[C@H](c1c(F)cc(OC)cc1F)C(C=O)C(=O)OC. The molecule has 0 saturated carbocycles. The molecule has 0 radical (unpaired) electrons. The van der Waals surface area contributed by atoms with E-state index >= 15 is 0 Å². The van der Waals surface area contributed by atoms with Gasteiger partial charge in [0.15, 0.2) is 0 Å². The monoisotopic (exact) mass is 301 g/mol. The summed E-state index contributed by atoms with van der Waals surface area (Å²) in [5.74, 6) is -4.94. The Balaban J connectivity index is 3.34. The van der Waals surface area contributed by atoms with Gasteiger partial charge in [0.05, 0.1) is 14.2 Å². The molecule has 0 aliphatic carbocycles. The molecule has 0 heterocycles. The van der Waals surface area contributed by atoms with Crippen molar-refractivity contribution in [2.45, 2.75) is 5.92 Å². The zero-order chi connectivity index (χ0) is 16.0. The molecule has 5 nitrogen and oxygen atoms in total. The summed E-state index contributed by atoms with van der Waals surface area (Å²) in [7, 11) is 3.93. The van der Waals surface area contributed by atoms with Gasteiger partial charge >= 0.3 is 5.97 Å². The van der Waals surface area contributed by atoms with Crippen LogP contribution in [0.1, 0.15) is 11.5 Å². The first-order valence-corrected chi connectivity index (χ1v) is 6.20. The van der Waals surface area contributed by atoms with E-state index in [1.165, 1.54) is 7.11 Å². The second-order valence-electron chi connectivity index (χ2n) is 4.35. The lowest BCUT2D eigenvalue weighted by Crippen LogP contribution is -2.32. The maximum atomic E-state index is 14.1. The summed E-state index contributed by atoms with van der Waals surface area (Å²) in [6.07, 6.45) is 0.330. The zero-order valence-electron chi connectivity index (χ0n) is 12.0. The Morgan fingerprint density at radius 1 is 1.33 bits per heavy atom. The van der Waals surface area contributed by atoms with Crippen LogP contribution in [0.3, 0.4) is 0 Å². The highest BCUT2D eigenvalue weighted by molar-refractivity contribution is 5.89. The minimum absolute atomic E-state index is 0.0117. The number of hydrogen-bond donors (Lipinski definition) is 1. The number of ether oxygens (including phenoxy) is 2. The highest BCUT2D eigenvalue weighted by atomic mass is 19.1. The molecule has 0 aliphatic rings. The van der Waals surface area contributed by atoms with Crippen molar-refractivity contribution in [3.63, 3.8) is 0 Å².